The van der Waals surface area contributed by atoms with Crippen molar-refractivity contribution in [2.75, 3.05) is 23.9 Å². The predicted molar refractivity (Wildman–Crippen MR) is 74.7 cm³/mol. The molecule has 1 aromatic rings. The molecule has 1 rings (SSSR count). The molecule has 1 atom stereocenters. The van der Waals surface area contributed by atoms with Crippen molar-refractivity contribution in [1.82, 2.24) is 9.78 Å². The third-order valence-corrected chi connectivity index (χ3v) is 3.71. The van der Waals surface area contributed by atoms with Gasteiger partial charge >= 0.3 is 0 Å². The fraction of sp³-hybridized carbons (Fsp3) is 0.600. The molecular weight excluding hydrogens is 306 g/mol. The second-order valence-electron chi connectivity index (χ2n) is 3.62. The van der Waals surface area contributed by atoms with Gasteiger partial charge in [-0.1, -0.05) is 0 Å². The van der Waals surface area contributed by atoms with Crippen LogP contribution in [0.25, 0.3) is 0 Å². The Balaban J connectivity index is 2.89. The van der Waals surface area contributed by atoms with E-state index >= 15 is 0 Å². The van der Waals surface area contributed by atoms with Crippen molar-refractivity contribution in [3.63, 3.8) is 0 Å². The van der Waals surface area contributed by atoms with Crippen molar-refractivity contribution in [2.45, 2.75) is 19.5 Å². The maximum absolute atomic E-state index is 11.8. The van der Waals surface area contributed by atoms with Gasteiger partial charge in [0, 0.05) is 11.8 Å². The number of aliphatic hydroxyl groups excluding tert-OH is 1. The molecule has 0 aliphatic carbocycles. The smallest absolute Gasteiger partial charge is 0.283 e. The molecule has 0 aromatic carbocycles. The number of aliphatic hydroxyl groups is 1. The highest BCUT2D eigenvalue weighted by Crippen LogP contribution is 2.17. The van der Waals surface area contributed by atoms with Gasteiger partial charge in [-0.3, -0.25) is 4.79 Å². The van der Waals surface area contributed by atoms with Crippen molar-refractivity contribution in [2.24, 2.45) is 0 Å². The highest BCUT2D eigenvalue weighted by atomic mass is 79.9. The number of thioether (sulfide) groups is 1. The molecule has 0 radical (unpaired) electrons. The molecule has 1 heterocycles. The number of nitrogens with zero attached hydrogens (tertiary/aromatic N) is 2. The van der Waals surface area contributed by atoms with E-state index in [-0.39, 0.29) is 24.8 Å². The fourth-order valence-electron chi connectivity index (χ4n) is 1.38. The van der Waals surface area contributed by atoms with Crippen molar-refractivity contribution >= 4 is 33.4 Å². The molecule has 1 aromatic heterocycles. The lowest BCUT2D eigenvalue weighted by atomic mass is 10.3. The second-order valence-corrected chi connectivity index (χ2v) is 5.33. The Morgan fingerprint density at radius 1 is 1.71 bits per heavy atom. The first-order chi connectivity index (χ1) is 8.10. The molecule has 2 N–H and O–H groups in total. The first-order valence-corrected chi connectivity index (χ1v) is 7.40. The Bertz CT molecular complexity index is 425. The zero-order chi connectivity index (χ0) is 12.8. The summed E-state index contributed by atoms with van der Waals surface area (Å²) in [6, 6.07) is 0.260. The summed E-state index contributed by atoms with van der Waals surface area (Å²) in [5.74, 6) is 0.951. The van der Waals surface area contributed by atoms with Gasteiger partial charge in [-0.2, -0.15) is 16.9 Å². The maximum atomic E-state index is 11.8. The van der Waals surface area contributed by atoms with Crippen LogP contribution in [0.3, 0.4) is 0 Å². The van der Waals surface area contributed by atoms with E-state index in [0.29, 0.717) is 10.2 Å². The number of hydrogen-bond acceptors (Lipinski definition) is 5. The first-order valence-electron chi connectivity index (χ1n) is 5.22. The molecule has 5 nitrogen and oxygen atoms in total. The Morgan fingerprint density at radius 3 is 3.00 bits per heavy atom. The van der Waals surface area contributed by atoms with Crippen molar-refractivity contribution in [1.29, 1.82) is 0 Å². The van der Waals surface area contributed by atoms with Crippen LogP contribution in [0.1, 0.15) is 6.92 Å². The summed E-state index contributed by atoms with van der Waals surface area (Å²) < 4.78 is 1.68. The van der Waals surface area contributed by atoms with Crippen LogP contribution in [0.2, 0.25) is 0 Å². The average molecular weight is 322 g/mol. The van der Waals surface area contributed by atoms with Gasteiger partial charge in [0.1, 0.15) is 4.47 Å². The van der Waals surface area contributed by atoms with Crippen LogP contribution in [0.5, 0.6) is 0 Å². The summed E-state index contributed by atoms with van der Waals surface area (Å²) in [5.41, 5.74) is 0.450. The van der Waals surface area contributed by atoms with E-state index < -0.39 is 0 Å². The number of aromatic nitrogens is 2. The monoisotopic (exact) mass is 321 g/mol. The van der Waals surface area contributed by atoms with Gasteiger partial charge in [0.2, 0.25) is 0 Å². The number of rotatable bonds is 6. The van der Waals surface area contributed by atoms with Crippen molar-refractivity contribution in [3.8, 4) is 0 Å². The minimum absolute atomic E-state index is 0.102. The van der Waals surface area contributed by atoms with Gasteiger partial charge in [-0.25, -0.2) is 4.68 Å². The molecule has 0 aliphatic rings. The molecule has 0 bridgehead atoms. The lowest BCUT2D eigenvalue weighted by Gasteiger charge is -2.15. The van der Waals surface area contributed by atoms with Crippen LogP contribution < -0.4 is 10.9 Å². The van der Waals surface area contributed by atoms with Gasteiger partial charge < -0.3 is 10.4 Å². The van der Waals surface area contributed by atoms with Crippen LogP contribution in [-0.2, 0) is 6.54 Å². The summed E-state index contributed by atoms with van der Waals surface area (Å²) in [5, 5.41) is 16.0. The Kier molecular flexibility index (Phi) is 6.01. The summed E-state index contributed by atoms with van der Waals surface area (Å²) in [6.07, 6.45) is 3.63. The minimum Gasteiger partial charge on any atom is -0.394 e. The highest BCUT2D eigenvalue weighted by molar-refractivity contribution is 9.10. The van der Waals surface area contributed by atoms with Crippen molar-refractivity contribution in [3.05, 3.63) is 21.0 Å². The van der Waals surface area contributed by atoms with Gasteiger partial charge in [-0.05, 0) is 29.1 Å². The number of hydrogen-bond donors (Lipinski definition) is 2. The van der Waals surface area contributed by atoms with E-state index in [2.05, 4.69) is 26.3 Å². The van der Waals surface area contributed by atoms with Crippen molar-refractivity contribution < 1.29 is 5.11 Å². The van der Waals surface area contributed by atoms with Crippen LogP contribution >= 0.6 is 27.7 Å². The highest BCUT2D eigenvalue weighted by Gasteiger charge is 2.10. The Hall–Kier alpha value is -0.530. The molecule has 0 spiro atoms. The summed E-state index contributed by atoms with van der Waals surface area (Å²) in [6.45, 7) is 2.15. The second kappa shape index (κ2) is 7.03. The van der Waals surface area contributed by atoms with Gasteiger partial charge in [0.15, 0.2) is 0 Å². The third-order valence-electron chi connectivity index (χ3n) is 2.12. The summed E-state index contributed by atoms with van der Waals surface area (Å²) in [4.78, 5) is 11.8. The molecular formula is C10H16BrN3O2S. The van der Waals surface area contributed by atoms with Crippen LogP contribution in [-0.4, -0.2) is 39.5 Å². The molecule has 7 heteroatoms. The topological polar surface area (TPSA) is 67.2 Å². The fourth-order valence-corrected chi connectivity index (χ4v) is 2.38. The third kappa shape index (κ3) is 4.01. The predicted octanol–water partition coefficient (Wildman–Crippen LogP) is 1.16. The van der Waals surface area contributed by atoms with Gasteiger partial charge in [-0.15, -0.1) is 0 Å². The molecule has 96 valence electrons. The first kappa shape index (κ1) is 14.5. The zero-order valence-electron chi connectivity index (χ0n) is 9.81. The number of halogens is 1. The molecule has 0 fully saturated rings. The minimum atomic E-state index is -0.236. The van der Waals surface area contributed by atoms with E-state index in [4.69, 9.17) is 5.11 Å². The molecule has 0 amide bonds. The van der Waals surface area contributed by atoms with Crippen LogP contribution in [0, 0.1) is 0 Å². The van der Waals surface area contributed by atoms with Gasteiger partial charge in [0.05, 0.1) is 25.0 Å². The Labute approximate surface area is 113 Å². The molecule has 0 saturated carbocycles. The van der Waals surface area contributed by atoms with E-state index in [9.17, 15) is 4.79 Å². The largest absolute Gasteiger partial charge is 0.394 e. The summed E-state index contributed by atoms with van der Waals surface area (Å²) in [7, 11) is 0. The molecule has 0 saturated heterocycles. The summed E-state index contributed by atoms with van der Waals surface area (Å²) >= 11 is 4.99. The normalized spacial score (nSPS) is 12.5. The number of nitrogens with one attached hydrogen (secondary N) is 1. The van der Waals surface area contributed by atoms with E-state index in [1.807, 2.05) is 13.2 Å². The standard InChI is InChI=1S/C10H16BrN3O2S/c1-7(6-17-2)13-8-5-12-14(3-4-15)10(16)9(8)11/h5,7,13,15H,3-4,6H2,1-2H3. The average Bonchev–Trinajstić information content (AvgIpc) is 2.29. The van der Waals surface area contributed by atoms with E-state index in [1.165, 1.54) is 4.68 Å². The SMILES string of the molecule is CSCC(C)Nc1cnn(CCO)c(=O)c1Br. The van der Waals surface area contributed by atoms with E-state index in [1.54, 1.807) is 18.0 Å². The maximum Gasteiger partial charge on any atom is 0.283 e. The van der Waals surface area contributed by atoms with E-state index in [0.717, 1.165) is 5.75 Å². The molecule has 1 unspecified atom stereocenters. The lowest BCUT2D eigenvalue weighted by Crippen LogP contribution is -2.27. The van der Waals surface area contributed by atoms with Crippen LogP contribution in [0.4, 0.5) is 5.69 Å². The van der Waals surface area contributed by atoms with Crippen LogP contribution in [0.15, 0.2) is 15.5 Å². The molecule has 17 heavy (non-hydrogen) atoms. The Morgan fingerprint density at radius 2 is 2.41 bits per heavy atom. The van der Waals surface area contributed by atoms with Gasteiger partial charge in [0.25, 0.3) is 5.56 Å². The lowest BCUT2D eigenvalue weighted by molar-refractivity contribution is 0.266. The molecule has 0 aliphatic heterocycles. The zero-order valence-corrected chi connectivity index (χ0v) is 12.2. The number of anilines is 1. The quantitative estimate of drug-likeness (QED) is 0.823.